The summed E-state index contributed by atoms with van der Waals surface area (Å²) in [5, 5.41) is 10.1. The summed E-state index contributed by atoms with van der Waals surface area (Å²) in [6, 6.07) is 9.85. The number of carboxylic acid groups (broad SMARTS) is 1. The molecule has 22 heavy (non-hydrogen) atoms. The molecule has 0 unspecified atom stereocenters. The van der Waals surface area contributed by atoms with Gasteiger partial charge in [-0.25, -0.2) is 14.8 Å². The Morgan fingerprint density at radius 3 is 2.50 bits per heavy atom. The number of anilines is 2. The minimum Gasteiger partial charge on any atom is -0.477 e. The van der Waals surface area contributed by atoms with Gasteiger partial charge in [0.1, 0.15) is 21.3 Å². The van der Waals surface area contributed by atoms with Crippen molar-refractivity contribution in [3.05, 3.63) is 46.6 Å². The lowest BCUT2D eigenvalue weighted by Crippen LogP contribution is -2.12. The van der Waals surface area contributed by atoms with Gasteiger partial charge in [0, 0.05) is 12.7 Å². The largest absolute Gasteiger partial charge is 0.477 e. The molecule has 0 spiro atoms. The van der Waals surface area contributed by atoms with E-state index in [1.165, 1.54) is 11.3 Å². The number of benzene rings is 1. The number of para-hydroxylation sites is 1. The van der Waals surface area contributed by atoms with E-state index in [0.29, 0.717) is 21.1 Å². The second kappa shape index (κ2) is 5.38. The van der Waals surface area contributed by atoms with E-state index in [9.17, 15) is 9.90 Å². The van der Waals surface area contributed by atoms with Crippen molar-refractivity contribution in [2.24, 2.45) is 0 Å². The molecule has 1 N–H and O–H groups in total. The predicted molar refractivity (Wildman–Crippen MR) is 88.4 cm³/mol. The van der Waals surface area contributed by atoms with Gasteiger partial charge in [-0.2, -0.15) is 0 Å². The van der Waals surface area contributed by atoms with Crippen LogP contribution in [0.15, 0.2) is 30.3 Å². The average molecular weight is 313 g/mol. The highest BCUT2D eigenvalue weighted by Gasteiger charge is 2.21. The molecule has 0 fully saturated rings. The fourth-order valence-electron chi connectivity index (χ4n) is 2.44. The standard InChI is InChI=1S/C16H15N3O2S/c1-9-12-14(19(3)11-7-5-4-6-8-11)17-10(2)18-15(12)22-13(9)16(20)21/h4-8H,1-3H3,(H,20,21). The Kier molecular flexibility index (Phi) is 3.54. The van der Waals surface area contributed by atoms with Crippen LogP contribution in [0.4, 0.5) is 11.5 Å². The summed E-state index contributed by atoms with van der Waals surface area (Å²) in [5.41, 5.74) is 1.70. The highest BCUT2D eigenvalue weighted by molar-refractivity contribution is 7.20. The molecular weight excluding hydrogens is 298 g/mol. The molecule has 1 aromatic carbocycles. The molecule has 112 valence electrons. The van der Waals surface area contributed by atoms with Crippen LogP contribution in [0.2, 0.25) is 0 Å². The zero-order chi connectivity index (χ0) is 15.9. The van der Waals surface area contributed by atoms with Crippen LogP contribution in [0, 0.1) is 13.8 Å². The van der Waals surface area contributed by atoms with Gasteiger partial charge < -0.3 is 10.0 Å². The lowest BCUT2D eigenvalue weighted by Gasteiger charge is -2.19. The Bertz CT molecular complexity index is 859. The number of thiophene rings is 1. The van der Waals surface area contributed by atoms with Crippen molar-refractivity contribution in [2.45, 2.75) is 13.8 Å². The molecule has 3 aromatic rings. The van der Waals surface area contributed by atoms with E-state index in [1.54, 1.807) is 0 Å². The summed E-state index contributed by atoms with van der Waals surface area (Å²) < 4.78 is 0. The fraction of sp³-hybridized carbons (Fsp3) is 0.188. The van der Waals surface area contributed by atoms with Gasteiger partial charge in [0.05, 0.1) is 5.39 Å². The zero-order valence-electron chi connectivity index (χ0n) is 12.5. The average Bonchev–Trinajstić information content (AvgIpc) is 2.83. The molecule has 0 amide bonds. The van der Waals surface area contributed by atoms with Gasteiger partial charge in [-0.3, -0.25) is 0 Å². The summed E-state index contributed by atoms with van der Waals surface area (Å²) in [7, 11) is 1.92. The molecule has 5 nitrogen and oxygen atoms in total. The van der Waals surface area contributed by atoms with Crippen LogP contribution in [0.3, 0.4) is 0 Å². The first-order valence-electron chi connectivity index (χ1n) is 6.79. The number of fused-ring (bicyclic) bond motifs is 1. The molecule has 2 heterocycles. The monoisotopic (exact) mass is 313 g/mol. The number of nitrogens with zero attached hydrogens (tertiary/aromatic N) is 3. The second-order valence-electron chi connectivity index (χ2n) is 5.03. The van der Waals surface area contributed by atoms with Gasteiger partial charge in [-0.1, -0.05) is 18.2 Å². The topological polar surface area (TPSA) is 66.3 Å². The Hall–Kier alpha value is -2.47. The maximum Gasteiger partial charge on any atom is 0.346 e. The molecule has 2 aromatic heterocycles. The van der Waals surface area contributed by atoms with Gasteiger partial charge in [0.2, 0.25) is 0 Å². The van der Waals surface area contributed by atoms with E-state index in [4.69, 9.17) is 0 Å². The van der Waals surface area contributed by atoms with Crippen LogP contribution in [0.1, 0.15) is 21.1 Å². The molecule has 6 heteroatoms. The van der Waals surface area contributed by atoms with Crippen LogP contribution >= 0.6 is 11.3 Å². The van der Waals surface area contributed by atoms with Crippen molar-refractivity contribution in [1.29, 1.82) is 0 Å². The number of hydrogen-bond donors (Lipinski definition) is 1. The molecule has 3 rings (SSSR count). The summed E-state index contributed by atoms with van der Waals surface area (Å²) >= 11 is 1.20. The first-order chi connectivity index (χ1) is 10.5. The van der Waals surface area contributed by atoms with Gasteiger partial charge in [-0.05, 0) is 31.5 Å². The van der Waals surface area contributed by atoms with Crippen LogP contribution in [0.5, 0.6) is 0 Å². The van der Waals surface area contributed by atoms with E-state index >= 15 is 0 Å². The molecule has 0 saturated carbocycles. The first-order valence-corrected chi connectivity index (χ1v) is 7.60. The minimum atomic E-state index is -0.925. The van der Waals surface area contributed by atoms with E-state index in [2.05, 4.69) is 9.97 Å². The van der Waals surface area contributed by atoms with Crippen molar-refractivity contribution in [3.63, 3.8) is 0 Å². The molecule has 0 bridgehead atoms. The van der Waals surface area contributed by atoms with Gasteiger partial charge in [-0.15, -0.1) is 11.3 Å². The highest BCUT2D eigenvalue weighted by Crippen LogP contribution is 2.37. The third-order valence-electron chi connectivity index (χ3n) is 3.54. The molecule has 0 aliphatic rings. The van der Waals surface area contributed by atoms with E-state index in [-0.39, 0.29) is 0 Å². The smallest absolute Gasteiger partial charge is 0.346 e. The third-order valence-corrected chi connectivity index (χ3v) is 4.71. The Morgan fingerprint density at radius 2 is 1.86 bits per heavy atom. The lowest BCUT2D eigenvalue weighted by molar-refractivity contribution is 0.0701. The molecular formula is C16H15N3O2S. The van der Waals surface area contributed by atoms with Gasteiger partial charge >= 0.3 is 5.97 Å². The van der Waals surface area contributed by atoms with Crippen LogP contribution in [-0.2, 0) is 0 Å². The third kappa shape index (κ3) is 2.31. The number of aromatic nitrogens is 2. The Morgan fingerprint density at radius 1 is 1.18 bits per heavy atom. The minimum absolute atomic E-state index is 0.317. The quantitative estimate of drug-likeness (QED) is 0.797. The van der Waals surface area contributed by atoms with E-state index < -0.39 is 5.97 Å². The Balaban J connectivity index is 2.27. The van der Waals surface area contributed by atoms with E-state index in [1.807, 2.05) is 56.1 Å². The maximum atomic E-state index is 11.4. The van der Waals surface area contributed by atoms with Gasteiger partial charge in [0.25, 0.3) is 0 Å². The molecule has 0 atom stereocenters. The predicted octanol–water partition coefficient (Wildman–Crippen LogP) is 3.77. The number of aromatic carboxylic acids is 1. The summed E-state index contributed by atoms with van der Waals surface area (Å²) in [4.78, 5) is 23.3. The lowest BCUT2D eigenvalue weighted by atomic mass is 10.2. The number of carboxylic acids is 1. The van der Waals surface area contributed by atoms with Crippen molar-refractivity contribution in [1.82, 2.24) is 9.97 Å². The summed E-state index contributed by atoms with van der Waals surface area (Å²) in [6.45, 7) is 3.63. The van der Waals surface area contributed by atoms with Crippen molar-refractivity contribution >= 4 is 39.0 Å². The van der Waals surface area contributed by atoms with Gasteiger partial charge in [0.15, 0.2) is 0 Å². The second-order valence-corrected chi connectivity index (χ2v) is 6.03. The zero-order valence-corrected chi connectivity index (χ0v) is 13.3. The van der Waals surface area contributed by atoms with Crippen LogP contribution in [0.25, 0.3) is 10.2 Å². The van der Waals surface area contributed by atoms with Crippen LogP contribution in [-0.4, -0.2) is 28.1 Å². The van der Waals surface area contributed by atoms with Crippen molar-refractivity contribution in [2.75, 3.05) is 11.9 Å². The van der Waals surface area contributed by atoms with Crippen molar-refractivity contribution < 1.29 is 9.90 Å². The Labute approximate surface area is 131 Å². The first kappa shape index (κ1) is 14.5. The highest BCUT2D eigenvalue weighted by atomic mass is 32.1. The number of aryl methyl sites for hydroxylation is 2. The molecule has 0 aliphatic heterocycles. The van der Waals surface area contributed by atoms with Crippen LogP contribution < -0.4 is 4.90 Å². The maximum absolute atomic E-state index is 11.4. The summed E-state index contributed by atoms with van der Waals surface area (Å²) in [5.74, 6) is 0.435. The SMILES string of the molecule is Cc1nc(N(C)c2ccccc2)c2c(C)c(C(=O)O)sc2n1. The summed E-state index contributed by atoms with van der Waals surface area (Å²) in [6.07, 6.45) is 0. The number of rotatable bonds is 3. The molecule has 0 radical (unpaired) electrons. The fourth-order valence-corrected chi connectivity index (χ4v) is 3.50. The number of hydrogen-bond acceptors (Lipinski definition) is 5. The van der Waals surface area contributed by atoms with E-state index in [0.717, 1.165) is 16.9 Å². The number of carbonyl (C=O) groups is 1. The molecule has 0 saturated heterocycles. The normalized spacial score (nSPS) is 10.9. The molecule has 0 aliphatic carbocycles. The van der Waals surface area contributed by atoms with Crippen molar-refractivity contribution in [3.8, 4) is 0 Å².